The Labute approximate surface area is 190 Å². The van der Waals surface area contributed by atoms with Crippen LogP contribution >= 0.6 is 46.4 Å². The predicted octanol–water partition coefficient (Wildman–Crippen LogP) is 6.32. The minimum absolute atomic E-state index is 0.115. The van der Waals surface area contributed by atoms with E-state index in [0.717, 1.165) is 4.90 Å². The number of hydrogen-bond acceptors (Lipinski definition) is 4. The van der Waals surface area contributed by atoms with Crippen molar-refractivity contribution in [3.05, 3.63) is 91.4 Å². The van der Waals surface area contributed by atoms with Crippen molar-refractivity contribution in [2.24, 2.45) is 0 Å². The highest BCUT2D eigenvalue weighted by atomic mass is 35.5. The Morgan fingerprint density at radius 3 is 1.87 bits per heavy atom. The maximum absolute atomic E-state index is 13.0. The third kappa shape index (κ3) is 3.34. The van der Waals surface area contributed by atoms with Crippen molar-refractivity contribution in [1.29, 1.82) is 0 Å². The number of halogens is 4. The number of benzene rings is 3. The van der Waals surface area contributed by atoms with Crippen LogP contribution < -0.4 is 9.64 Å². The highest BCUT2D eigenvalue weighted by Crippen LogP contribution is 2.45. The zero-order chi connectivity index (χ0) is 21.6. The first-order valence-corrected chi connectivity index (χ1v) is 9.94. The molecule has 1 aliphatic rings. The quantitative estimate of drug-likeness (QED) is 0.145. The van der Waals surface area contributed by atoms with Gasteiger partial charge in [-0.2, -0.15) is 0 Å². The Morgan fingerprint density at radius 2 is 1.30 bits per heavy atom. The van der Waals surface area contributed by atoms with Crippen LogP contribution in [0.2, 0.25) is 20.1 Å². The van der Waals surface area contributed by atoms with Crippen LogP contribution in [0.15, 0.2) is 54.6 Å². The summed E-state index contributed by atoms with van der Waals surface area (Å²) in [6.07, 6.45) is 0. The SMILES string of the molecule is O=C(Oc1cccc(N2C(=O)c3c(Cl)c(Cl)c(Cl)c(Cl)c3C2=O)c1)c1ccccc1. The molecular formula is C21H9Cl4NO4. The van der Waals surface area contributed by atoms with Gasteiger partial charge in [0.2, 0.25) is 0 Å². The van der Waals surface area contributed by atoms with Crippen molar-refractivity contribution in [3.63, 3.8) is 0 Å². The Bertz CT molecular complexity index is 1180. The van der Waals surface area contributed by atoms with Crippen LogP contribution in [0.3, 0.4) is 0 Å². The third-order valence-corrected chi connectivity index (χ3v) is 6.20. The van der Waals surface area contributed by atoms with Gasteiger partial charge in [-0.1, -0.05) is 70.7 Å². The van der Waals surface area contributed by atoms with Crippen LogP contribution in [0.5, 0.6) is 5.75 Å². The summed E-state index contributed by atoms with van der Waals surface area (Å²) in [6.45, 7) is 0. The van der Waals surface area contributed by atoms with E-state index in [-0.39, 0.29) is 42.7 Å². The fourth-order valence-electron chi connectivity index (χ4n) is 3.01. The molecule has 0 atom stereocenters. The summed E-state index contributed by atoms with van der Waals surface area (Å²) in [7, 11) is 0. The zero-order valence-electron chi connectivity index (χ0n) is 14.8. The molecule has 0 unspecified atom stereocenters. The number of nitrogens with zero attached hydrogens (tertiary/aromatic N) is 1. The minimum Gasteiger partial charge on any atom is -0.423 e. The number of anilines is 1. The Morgan fingerprint density at radius 1 is 0.733 bits per heavy atom. The summed E-state index contributed by atoms with van der Waals surface area (Å²) in [5.74, 6) is -1.87. The van der Waals surface area contributed by atoms with Crippen LogP contribution in [0.1, 0.15) is 31.1 Å². The van der Waals surface area contributed by atoms with E-state index in [1.807, 2.05) is 0 Å². The van der Waals surface area contributed by atoms with E-state index in [1.165, 1.54) is 24.3 Å². The van der Waals surface area contributed by atoms with Gasteiger partial charge >= 0.3 is 5.97 Å². The first-order valence-electron chi connectivity index (χ1n) is 8.43. The van der Waals surface area contributed by atoms with Crippen LogP contribution in [0, 0.1) is 0 Å². The summed E-state index contributed by atoms with van der Waals surface area (Å²) in [5.41, 5.74) is 0.255. The van der Waals surface area contributed by atoms with Crippen LogP contribution in [0.25, 0.3) is 0 Å². The molecule has 0 saturated heterocycles. The second kappa shape index (κ2) is 7.93. The number of hydrogen-bond donors (Lipinski definition) is 0. The fraction of sp³-hybridized carbons (Fsp3) is 0. The molecule has 0 fully saturated rings. The van der Waals surface area contributed by atoms with Crippen molar-refractivity contribution in [1.82, 2.24) is 0 Å². The summed E-state index contributed by atoms with van der Waals surface area (Å²) in [4.78, 5) is 39.1. The van der Waals surface area contributed by atoms with E-state index in [4.69, 9.17) is 51.1 Å². The Balaban J connectivity index is 1.70. The molecule has 150 valence electrons. The molecule has 0 saturated carbocycles. The summed E-state index contributed by atoms with van der Waals surface area (Å²) < 4.78 is 5.35. The van der Waals surface area contributed by atoms with Crippen molar-refractivity contribution in [3.8, 4) is 5.75 Å². The van der Waals surface area contributed by atoms with Gasteiger partial charge in [0, 0.05) is 6.07 Å². The lowest BCUT2D eigenvalue weighted by Gasteiger charge is -2.15. The van der Waals surface area contributed by atoms with Gasteiger partial charge in [-0.3, -0.25) is 9.59 Å². The summed E-state index contributed by atoms with van der Waals surface area (Å²) >= 11 is 24.4. The second-order valence-electron chi connectivity index (χ2n) is 6.20. The molecule has 0 N–H and O–H groups in total. The lowest BCUT2D eigenvalue weighted by atomic mass is 10.1. The van der Waals surface area contributed by atoms with Gasteiger partial charge < -0.3 is 4.74 Å². The largest absolute Gasteiger partial charge is 0.423 e. The lowest BCUT2D eigenvalue weighted by molar-refractivity contribution is 0.0734. The molecule has 0 bridgehead atoms. The average molecular weight is 481 g/mol. The highest BCUT2D eigenvalue weighted by molar-refractivity contribution is 6.56. The van der Waals surface area contributed by atoms with Crippen molar-refractivity contribution < 1.29 is 19.1 Å². The maximum Gasteiger partial charge on any atom is 0.343 e. The number of fused-ring (bicyclic) bond motifs is 1. The molecule has 4 rings (SSSR count). The first kappa shape index (κ1) is 20.7. The molecule has 0 radical (unpaired) electrons. The molecule has 0 aliphatic carbocycles. The minimum atomic E-state index is -0.716. The molecule has 30 heavy (non-hydrogen) atoms. The molecular weight excluding hydrogens is 472 g/mol. The smallest absolute Gasteiger partial charge is 0.343 e. The first-order chi connectivity index (χ1) is 14.3. The maximum atomic E-state index is 13.0. The second-order valence-corrected chi connectivity index (χ2v) is 7.72. The number of carbonyl (C=O) groups excluding carboxylic acids is 3. The summed E-state index contributed by atoms with van der Waals surface area (Å²) in [5, 5.41) is -0.548. The number of ether oxygens (including phenoxy) is 1. The van der Waals surface area contributed by atoms with E-state index >= 15 is 0 Å². The van der Waals surface area contributed by atoms with Crippen molar-refractivity contribution >= 4 is 69.9 Å². The van der Waals surface area contributed by atoms with Gasteiger partial charge in [-0.05, 0) is 24.3 Å². The molecule has 2 amide bonds. The zero-order valence-corrected chi connectivity index (χ0v) is 17.8. The van der Waals surface area contributed by atoms with Gasteiger partial charge in [0.25, 0.3) is 11.8 Å². The average Bonchev–Trinajstić information content (AvgIpc) is 3.01. The van der Waals surface area contributed by atoms with Crippen molar-refractivity contribution in [2.45, 2.75) is 0 Å². The van der Waals surface area contributed by atoms with Gasteiger partial charge in [0.05, 0.1) is 42.5 Å². The van der Waals surface area contributed by atoms with Gasteiger partial charge in [-0.25, -0.2) is 9.69 Å². The number of carbonyl (C=O) groups is 3. The number of imide groups is 1. The Kier molecular flexibility index (Phi) is 5.47. The predicted molar refractivity (Wildman–Crippen MR) is 115 cm³/mol. The van der Waals surface area contributed by atoms with E-state index in [0.29, 0.717) is 5.56 Å². The van der Waals surface area contributed by atoms with Gasteiger partial charge in [-0.15, -0.1) is 0 Å². The Hall–Kier alpha value is -2.57. The van der Waals surface area contributed by atoms with E-state index in [9.17, 15) is 14.4 Å². The highest BCUT2D eigenvalue weighted by Gasteiger charge is 2.42. The molecule has 1 heterocycles. The van der Waals surface area contributed by atoms with Crippen LogP contribution in [-0.2, 0) is 0 Å². The lowest BCUT2D eigenvalue weighted by Crippen LogP contribution is -2.29. The molecule has 3 aromatic rings. The molecule has 3 aromatic carbocycles. The van der Waals surface area contributed by atoms with Crippen LogP contribution in [0.4, 0.5) is 5.69 Å². The fourth-order valence-corrected chi connectivity index (χ4v) is 4.02. The van der Waals surface area contributed by atoms with E-state index in [2.05, 4.69) is 0 Å². The summed E-state index contributed by atoms with van der Waals surface area (Å²) in [6, 6.07) is 14.3. The number of amides is 2. The molecule has 1 aliphatic heterocycles. The normalized spacial score (nSPS) is 12.9. The van der Waals surface area contributed by atoms with Crippen molar-refractivity contribution in [2.75, 3.05) is 4.90 Å². The third-order valence-electron chi connectivity index (χ3n) is 4.40. The van der Waals surface area contributed by atoms with E-state index in [1.54, 1.807) is 30.3 Å². The number of rotatable bonds is 3. The molecule has 9 heteroatoms. The van der Waals surface area contributed by atoms with Gasteiger partial charge in [0.15, 0.2) is 0 Å². The van der Waals surface area contributed by atoms with E-state index < -0.39 is 17.8 Å². The monoisotopic (exact) mass is 479 g/mol. The van der Waals surface area contributed by atoms with Gasteiger partial charge in [0.1, 0.15) is 5.75 Å². The van der Waals surface area contributed by atoms with Crippen LogP contribution in [-0.4, -0.2) is 17.8 Å². The topological polar surface area (TPSA) is 63.7 Å². The number of esters is 1. The molecule has 0 aromatic heterocycles. The molecule has 0 spiro atoms. The molecule has 5 nitrogen and oxygen atoms in total. The standard InChI is InChI=1S/C21H9Cl4NO4/c22-15-13-14(16(23)18(25)17(15)24)20(28)26(19(13)27)11-7-4-8-12(9-11)30-21(29)10-5-2-1-3-6-10/h1-9H.